The molecular weight excluding hydrogens is 571 g/mol. The van der Waals surface area contributed by atoms with E-state index in [1.807, 2.05) is 36.4 Å². The zero-order valence-electron chi connectivity index (χ0n) is 23.7. The molecule has 0 spiro atoms. The predicted octanol–water partition coefficient (Wildman–Crippen LogP) is 6.97. The van der Waals surface area contributed by atoms with Crippen LogP contribution in [0, 0.1) is 0 Å². The fourth-order valence-corrected chi connectivity index (χ4v) is 5.58. The van der Waals surface area contributed by atoms with Crippen molar-refractivity contribution in [3.8, 4) is 11.1 Å². The highest BCUT2D eigenvalue weighted by atomic mass is 19.4. The summed E-state index contributed by atoms with van der Waals surface area (Å²) >= 11 is 0. The van der Waals surface area contributed by atoms with Gasteiger partial charge in [0.25, 0.3) is 0 Å². The molecule has 0 atom stereocenters. The van der Waals surface area contributed by atoms with Crippen molar-refractivity contribution >= 4 is 50.7 Å². The van der Waals surface area contributed by atoms with Gasteiger partial charge in [-0.15, -0.1) is 0 Å². The maximum Gasteiger partial charge on any atom is 0.418 e. The Labute approximate surface area is 250 Å². The van der Waals surface area contributed by atoms with Crippen LogP contribution in [0.3, 0.4) is 0 Å². The van der Waals surface area contributed by atoms with Crippen molar-refractivity contribution in [2.75, 3.05) is 36.4 Å². The number of fused-ring (bicyclic) bond motifs is 2. The van der Waals surface area contributed by atoms with Crippen LogP contribution in [-0.2, 0) is 11.0 Å². The van der Waals surface area contributed by atoms with Crippen LogP contribution in [0.2, 0.25) is 0 Å². The molecule has 224 valence electrons. The van der Waals surface area contributed by atoms with E-state index < -0.39 is 17.7 Å². The zero-order valence-corrected chi connectivity index (χ0v) is 23.7. The number of halogens is 3. The largest absolute Gasteiger partial charge is 0.478 e. The minimum Gasteiger partial charge on any atom is -0.478 e. The first-order valence-electron chi connectivity index (χ1n) is 14.1. The number of carbonyl (C=O) groups is 2. The van der Waals surface area contributed by atoms with E-state index in [0.717, 1.165) is 28.1 Å². The lowest BCUT2D eigenvalue weighted by Gasteiger charge is -2.37. The number of para-hydroxylation sites is 1. The number of anilines is 3. The second-order valence-corrected chi connectivity index (χ2v) is 10.6. The highest BCUT2D eigenvalue weighted by Crippen LogP contribution is 2.40. The highest BCUT2D eigenvalue weighted by Gasteiger charge is 2.36. The first kappa shape index (κ1) is 28.9. The number of carbonyl (C=O) groups excluding carboxylic acids is 1. The molecule has 1 aliphatic rings. The molecule has 44 heavy (non-hydrogen) atoms. The van der Waals surface area contributed by atoms with Crippen molar-refractivity contribution in [2.24, 2.45) is 0 Å². The summed E-state index contributed by atoms with van der Waals surface area (Å²) in [4.78, 5) is 36.4. The molecule has 3 aromatic carbocycles. The summed E-state index contributed by atoms with van der Waals surface area (Å²) in [5, 5.41) is 14.3. The van der Waals surface area contributed by atoms with Crippen LogP contribution in [0.15, 0.2) is 79.1 Å². The topological polar surface area (TPSA) is 98.7 Å². The average molecular weight is 600 g/mol. The molecule has 11 heteroatoms. The normalized spacial score (nSPS) is 13.8. The standard InChI is InChI=1S/C33H28F3N5O3/c1-2-30(42)41-13-11-40(12-14-41)29-10-8-23(17-26(29)33(34,35)36)39-31-24-16-20(7-9-28(24)38-19-25(31)32(43)44)22-15-21-5-3-4-6-27(21)37-18-22/h3-10,15-19H,2,11-14H2,1H3,(H,38,39)(H,43,44). The number of nitrogens with zero attached hydrogens (tertiary/aromatic N) is 4. The van der Waals surface area contributed by atoms with E-state index in [2.05, 4.69) is 15.3 Å². The quantitative estimate of drug-likeness (QED) is 0.218. The predicted molar refractivity (Wildman–Crippen MR) is 163 cm³/mol. The molecule has 0 aliphatic carbocycles. The van der Waals surface area contributed by atoms with Crippen LogP contribution in [-0.4, -0.2) is 58.0 Å². The molecule has 6 rings (SSSR count). The second kappa shape index (κ2) is 11.5. The van der Waals surface area contributed by atoms with Gasteiger partial charge in [-0.25, -0.2) is 4.79 Å². The highest BCUT2D eigenvalue weighted by molar-refractivity contribution is 6.06. The number of aromatic nitrogens is 2. The summed E-state index contributed by atoms with van der Waals surface area (Å²) in [6.07, 6.45) is -1.41. The van der Waals surface area contributed by atoms with Crippen LogP contribution in [0.25, 0.3) is 32.9 Å². The molecule has 1 fully saturated rings. The summed E-state index contributed by atoms with van der Waals surface area (Å²) in [5.41, 5.74) is 2.03. The van der Waals surface area contributed by atoms with Crippen molar-refractivity contribution in [3.05, 3.63) is 90.3 Å². The van der Waals surface area contributed by atoms with Crippen molar-refractivity contribution in [3.63, 3.8) is 0 Å². The van der Waals surface area contributed by atoms with Crippen LogP contribution < -0.4 is 10.2 Å². The number of alkyl halides is 3. The van der Waals surface area contributed by atoms with Crippen molar-refractivity contribution in [1.82, 2.24) is 14.9 Å². The van der Waals surface area contributed by atoms with Gasteiger partial charge in [0.1, 0.15) is 5.56 Å². The Bertz CT molecular complexity index is 1900. The minimum absolute atomic E-state index is 0.00998. The smallest absolute Gasteiger partial charge is 0.418 e. The number of carboxylic acid groups (broad SMARTS) is 1. The van der Waals surface area contributed by atoms with E-state index in [-0.39, 0.29) is 41.6 Å². The van der Waals surface area contributed by atoms with Crippen LogP contribution in [0.4, 0.5) is 30.2 Å². The van der Waals surface area contributed by atoms with Gasteiger partial charge < -0.3 is 20.2 Å². The maximum absolute atomic E-state index is 14.4. The van der Waals surface area contributed by atoms with E-state index in [4.69, 9.17) is 0 Å². The van der Waals surface area contributed by atoms with E-state index in [0.29, 0.717) is 30.4 Å². The van der Waals surface area contributed by atoms with Gasteiger partial charge in [0.2, 0.25) is 5.91 Å². The van der Waals surface area contributed by atoms with Gasteiger partial charge in [0.05, 0.1) is 22.3 Å². The van der Waals surface area contributed by atoms with Gasteiger partial charge in [-0.1, -0.05) is 31.2 Å². The number of aromatic carboxylic acids is 1. The van der Waals surface area contributed by atoms with E-state index >= 15 is 0 Å². The van der Waals surface area contributed by atoms with Gasteiger partial charge in [-0.3, -0.25) is 14.8 Å². The van der Waals surface area contributed by atoms with Crippen molar-refractivity contribution in [2.45, 2.75) is 19.5 Å². The zero-order chi connectivity index (χ0) is 31.0. The van der Waals surface area contributed by atoms with Crippen LogP contribution in [0.1, 0.15) is 29.3 Å². The Kier molecular flexibility index (Phi) is 7.54. The summed E-state index contributed by atoms with van der Waals surface area (Å²) < 4.78 is 43.1. The summed E-state index contributed by atoms with van der Waals surface area (Å²) in [7, 11) is 0. The number of benzene rings is 3. The molecule has 2 aromatic heterocycles. The molecule has 3 heterocycles. The van der Waals surface area contributed by atoms with Gasteiger partial charge >= 0.3 is 12.1 Å². The molecular formula is C33H28F3N5O3. The molecule has 5 aromatic rings. The summed E-state index contributed by atoms with van der Waals surface area (Å²) in [6, 6.07) is 18.8. The third-order valence-corrected chi connectivity index (χ3v) is 7.87. The van der Waals surface area contributed by atoms with Gasteiger partial charge in [0, 0.05) is 72.7 Å². The molecule has 1 saturated heterocycles. The van der Waals surface area contributed by atoms with Crippen molar-refractivity contribution in [1.29, 1.82) is 0 Å². The number of carboxylic acids is 1. The van der Waals surface area contributed by atoms with E-state index in [1.165, 1.54) is 18.3 Å². The van der Waals surface area contributed by atoms with Gasteiger partial charge in [-0.2, -0.15) is 13.2 Å². The molecule has 8 nitrogen and oxygen atoms in total. The Morgan fingerprint density at radius 2 is 1.64 bits per heavy atom. The summed E-state index contributed by atoms with van der Waals surface area (Å²) in [5.74, 6) is -1.30. The number of hydrogen-bond acceptors (Lipinski definition) is 6. The first-order valence-corrected chi connectivity index (χ1v) is 14.1. The van der Waals surface area contributed by atoms with Gasteiger partial charge in [0.15, 0.2) is 0 Å². The number of pyridine rings is 2. The third-order valence-electron chi connectivity index (χ3n) is 7.87. The minimum atomic E-state index is -4.67. The Morgan fingerprint density at radius 1 is 0.886 bits per heavy atom. The lowest BCUT2D eigenvalue weighted by molar-refractivity contribution is -0.137. The fourth-order valence-electron chi connectivity index (χ4n) is 5.58. The number of hydrogen-bond donors (Lipinski definition) is 2. The van der Waals surface area contributed by atoms with Crippen molar-refractivity contribution < 1.29 is 27.9 Å². The molecule has 0 unspecified atom stereocenters. The van der Waals surface area contributed by atoms with Crippen LogP contribution in [0.5, 0.6) is 0 Å². The molecule has 0 saturated carbocycles. The molecule has 0 radical (unpaired) electrons. The monoisotopic (exact) mass is 599 g/mol. The Hall–Kier alpha value is -5.19. The van der Waals surface area contributed by atoms with E-state index in [9.17, 15) is 27.9 Å². The molecule has 1 amide bonds. The number of rotatable bonds is 6. The number of amides is 1. The third kappa shape index (κ3) is 5.60. The Morgan fingerprint density at radius 3 is 2.36 bits per heavy atom. The van der Waals surface area contributed by atoms with E-state index in [1.54, 1.807) is 35.1 Å². The lowest BCUT2D eigenvalue weighted by atomic mass is 10.0. The molecule has 0 bridgehead atoms. The molecule has 2 N–H and O–H groups in total. The SMILES string of the molecule is CCC(=O)N1CCN(c2ccc(Nc3c(C(=O)O)cnc4ccc(-c5cnc6ccccc6c5)cc34)cc2C(F)(F)F)CC1. The maximum atomic E-state index is 14.4. The van der Waals surface area contributed by atoms with Crippen LogP contribution >= 0.6 is 0 Å². The average Bonchev–Trinajstić information content (AvgIpc) is 3.03. The molecule has 1 aliphatic heterocycles. The number of piperazine rings is 1. The Balaban J connectivity index is 1.39. The van der Waals surface area contributed by atoms with Gasteiger partial charge in [-0.05, 0) is 48.0 Å². The summed E-state index contributed by atoms with van der Waals surface area (Å²) in [6.45, 7) is 2.97. The fraction of sp³-hybridized carbons (Fsp3) is 0.212. The number of nitrogens with one attached hydrogen (secondary N) is 1. The second-order valence-electron chi connectivity index (χ2n) is 10.6. The lowest BCUT2D eigenvalue weighted by Crippen LogP contribution is -2.49. The first-order chi connectivity index (χ1) is 21.1.